The standard InChI is InChI=1S/C14H11ClF2N2O2/c15-12-6-10(3-4-11(12)14(18)19-20)21-7-8-1-2-9(16)5-13(8)17/h1-6,20H,7H2,(H2,18,19). The first-order valence-corrected chi connectivity index (χ1v) is 6.23. The van der Waals surface area contributed by atoms with Crippen LogP contribution in [0.3, 0.4) is 0 Å². The van der Waals surface area contributed by atoms with E-state index in [-0.39, 0.29) is 23.0 Å². The normalized spacial score (nSPS) is 11.5. The molecule has 7 heteroatoms. The summed E-state index contributed by atoms with van der Waals surface area (Å²) in [5, 5.41) is 11.7. The molecule has 2 rings (SSSR count). The van der Waals surface area contributed by atoms with Crippen LogP contribution in [0, 0.1) is 11.6 Å². The average molecular weight is 313 g/mol. The average Bonchev–Trinajstić information content (AvgIpc) is 2.45. The fourth-order valence-electron chi connectivity index (χ4n) is 1.65. The lowest BCUT2D eigenvalue weighted by atomic mass is 10.2. The summed E-state index contributed by atoms with van der Waals surface area (Å²) in [5.41, 5.74) is 6.00. The molecular formula is C14H11ClF2N2O2. The van der Waals surface area contributed by atoms with E-state index in [4.69, 9.17) is 27.3 Å². The van der Waals surface area contributed by atoms with E-state index in [1.807, 2.05) is 0 Å². The second-order valence-corrected chi connectivity index (χ2v) is 4.56. The van der Waals surface area contributed by atoms with E-state index in [1.165, 1.54) is 18.2 Å². The van der Waals surface area contributed by atoms with Crippen LogP contribution in [0.4, 0.5) is 8.78 Å². The number of halogens is 3. The van der Waals surface area contributed by atoms with Gasteiger partial charge in [0.2, 0.25) is 0 Å². The van der Waals surface area contributed by atoms with Gasteiger partial charge in [0.15, 0.2) is 5.84 Å². The van der Waals surface area contributed by atoms with Crippen LogP contribution in [-0.4, -0.2) is 11.0 Å². The minimum Gasteiger partial charge on any atom is -0.489 e. The molecule has 0 fully saturated rings. The molecule has 2 aromatic carbocycles. The molecule has 0 aliphatic carbocycles. The first kappa shape index (κ1) is 15.1. The van der Waals surface area contributed by atoms with Gasteiger partial charge in [-0.25, -0.2) is 8.78 Å². The zero-order valence-corrected chi connectivity index (χ0v) is 11.4. The molecule has 4 nitrogen and oxygen atoms in total. The number of amidine groups is 1. The van der Waals surface area contributed by atoms with Gasteiger partial charge in [0.1, 0.15) is 24.0 Å². The van der Waals surface area contributed by atoms with Crippen LogP contribution < -0.4 is 10.5 Å². The largest absolute Gasteiger partial charge is 0.489 e. The van der Waals surface area contributed by atoms with E-state index in [1.54, 1.807) is 6.07 Å². The van der Waals surface area contributed by atoms with Crippen molar-refractivity contribution in [3.05, 3.63) is 64.2 Å². The predicted molar refractivity (Wildman–Crippen MR) is 74.7 cm³/mol. The molecule has 21 heavy (non-hydrogen) atoms. The minimum atomic E-state index is -0.686. The zero-order chi connectivity index (χ0) is 15.4. The van der Waals surface area contributed by atoms with Gasteiger partial charge in [-0.1, -0.05) is 16.8 Å². The first-order valence-electron chi connectivity index (χ1n) is 5.85. The van der Waals surface area contributed by atoms with E-state index in [0.717, 1.165) is 12.1 Å². The molecule has 0 aliphatic rings. The van der Waals surface area contributed by atoms with Crippen molar-refractivity contribution in [2.75, 3.05) is 0 Å². The topological polar surface area (TPSA) is 67.8 Å². The SMILES string of the molecule is N/C(=N/O)c1ccc(OCc2ccc(F)cc2F)cc1Cl. The molecule has 0 unspecified atom stereocenters. The maximum atomic E-state index is 13.4. The van der Waals surface area contributed by atoms with Gasteiger partial charge in [0.05, 0.1) is 5.02 Å². The molecular weight excluding hydrogens is 302 g/mol. The van der Waals surface area contributed by atoms with Gasteiger partial charge in [0, 0.05) is 17.2 Å². The number of oxime groups is 1. The first-order chi connectivity index (χ1) is 10.0. The fourth-order valence-corrected chi connectivity index (χ4v) is 1.91. The van der Waals surface area contributed by atoms with Gasteiger partial charge < -0.3 is 15.7 Å². The molecule has 0 aliphatic heterocycles. The van der Waals surface area contributed by atoms with E-state index < -0.39 is 11.6 Å². The highest BCUT2D eigenvalue weighted by Crippen LogP contribution is 2.23. The Hall–Kier alpha value is -2.34. The third kappa shape index (κ3) is 3.61. The summed E-state index contributed by atoms with van der Waals surface area (Å²) in [7, 11) is 0. The summed E-state index contributed by atoms with van der Waals surface area (Å²) in [6, 6.07) is 7.74. The molecule has 0 aromatic heterocycles. The van der Waals surface area contributed by atoms with E-state index in [0.29, 0.717) is 11.3 Å². The Morgan fingerprint density at radius 2 is 2.00 bits per heavy atom. The Balaban J connectivity index is 2.12. The van der Waals surface area contributed by atoms with E-state index >= 15 is 0 Å². The molecule has 0 amide bonds. The van der Waals surface area contributed by atoms with Crippen LogP contribution in [0.2, 0.25) is 5.02 Å². The quantitative estimate of drug-likeness (QED) is 0.394. The van der Waals surface area contributed by atoms with Gasteiger partial charge in [0.25, 0.3) is 0 Å². The molecule has 0 atom stereocenters. The molecule has 0 heterocycles. The second-order valence-electron chi connectivity index (χ2n) is 4.15. The van der Waals surface area contributed by atoms with Crippen molar-refractivity contribution in [1.29, 1.82) is 0 Å². The Kier molecular flexibility index (Phi) is 4.59. The third-order valence-electron chi connectivity index (χ3n) is 2.73. The summed E-state index contributed by atoms with van der Waals surface area (Å²) in [4.78, 5) is 0. The van der Waals surface area contributed by atoms with Gasteiger partial charge in [-0.2, -0.15) is 0 Å². The highest BCUT2D eigenvalue weighted by molar-refractivity contribution is 6.34. The number of ether oxygens (including phenoxy) is 1. The van der Waals surface area contributed by atoms with Crippen molar-refractivity contribution in [2.45, 2.75) is 6.61 Å². The van der Waals surface area contributed by atoms with E-state index in [9.17, 15) is 8.78 Å². The number of hydrogen-bond donors (Lipinski definition) is 2. The Labute approximate surface area is 124 Å². The van der Waals surface area contributed by atoms with Crippen molar-refractivity contribution < 1.29 is 18.7 Å². The monoisotopic (exact) mass is 312 g/mol. The molecule has 0 bridgehead atoms. The molecule has 0 radical (unpaired) electrons. The van der Waals surface area contributed by atoms with E-state index in [2.05, 4.69) is 5.16 Å². The van der Waals surface area contributed by atoms with Crippen molar-refractivity contribution in [1.82, 2.24) is 0 Å². The second kappa shape index (κ2) is 6.41. The third-order valence-corrected chi connectivity index (χ3v) is 3.05. The number of benzene rings is 2. The smallest absolute Gasteiger partial charge is 0.171 e. The van der Waals surface area contributed by atoms with Crippen LogP contribution >= 0.6 is 11.6 Å². The summed E-state index contributed by atoms with van der Waals surface area (Å²) in [6.45, 7) is -0.0780. The molecule has 0 saturated carbocycles. The summed E-state index contributed by atoms with van der Waals surface area (Å²) >= 11 is 5.96. The zero-order valence-electron chi connectivity index (χ0n) is 10.7. The van der Waals surface area contributed by atoms with Crippen LogP contribution in [0.5, 0.6) is 5.75 Å². The van der Waals surface area contributed by atoms with Crippen molar-refractivity contribution in [3.8, 4) is 5.75 Å². The van der Waals surface area contributed by atoms with Gasteiger partial charge in [-0.15, -0.1) is 0 Å². The maximum Gasteiger partial charge on any atom is 0.171 e. The molecule has 0 saturated heterocycles. The van der Waals surface area contributed by atoms with Crippen molar-refractivity contribution in [2.24, 2.45) is 10.9 Å². The summed E-state index contributed by atoms with van der Waals surface area (Å²) < 4.78 is 31.6. The number of nitrogens with two attached hydrogens (primary N) is 1. The molecule has 3 N–H and O–H groups in total. The van der Waals surface area contributed by atoms with Gasteiger partial charge in [-0.3, -0.25) is 0 Å². The highest BCUT2D eigenvalue weighted by Gasteiger charge is 2.08. The molecule has 0 spiro atoms. The summed E-state index contributed by atoms with van der Waals surface area (Å²) in [5.74, 6) is -1.09. The molecule has 110 valence electrons. The van der Waals surface area contributed by atoms with Gasteiger partial charge >= 0.3 is 0 Å². The highest BCUT2D eigenvalue weighted by atomic mass is 35.5. The van der Waals surface area contributed by atoms with Crippen LogP contribution in [0.15, 0.2) is 41.6 Å². The predicted octanol–water partition coefficient (Wildman–Crippen LogP) is 3.29. The van der Waals surface area contributed by atoms with Crippen molar-refractivity contribution >= 4 is 17.4 Å². The number of nitrogens with zero attached hydrogens (tertiary/aromatic N) is 1. The van der Waals surface area contributed by atoms with Crippen molar-refractivity contribution in [3.63, 3.8) is 0 Å². The Morgan fingerprint density at radius 1 is 1.24 bits per heavy atom. The minimum absolute atomic E-state index is 0.0780. The Morgan fingerprint density at radius 3 is 2.62 bits per heavy atom. The van der Waals surface area contributed by atoms with Crippen LogP contribution in [-0.2, 0) is 6.61 Å². The lowest BCUT2D eigenvalue weighted by Crippen LogP contribution is -2.13. The maximum absolute atomic E-state index is 13.4. The van der Waals surface area contributed by atoms with Crippen LogP contribution in [0.1, 0.15) is 11.1 Å². The summed E-state index contributed by atoms with van der Waals surface area (Å²) in [6.07, 6.45) is 0. The lowest BCUT2D eigenvalue weighted by molar-refractivity contribution is 0.299. The number of hydrogen-bond acceptors (Lipinski definition) is 3. The number of rotatable bonds is 4. The fraction of sp³-hybridized carbons (Fsp3) is 0.0714. The van der Waals surface area contributed by atoms with Gasteiger partial charge in [-0.05, 0) is 30.3 Å². The van der Waals surface area contributed by atoms with Crippen LogP contribution in [0.25, 0.3) is 0 Å². The Bertz CT molecular complexity index is 693. The lowest BCUT2D eigenvalue weighted by Gasteiger charge is -2.09. The molecule has 2 aromatic rings.